The van der Waals surface area contributed by atoms with E-state index >= 15 is 0 Å². The average Bonchev–Trinajstić information content (AvgIpc) is 2.72. The molecule has 2 aromatic carbocycles. The summed E-state index contributed by atoms with van der Waals surface area (Å²) in [6.45, 7) is 10.8. The first-order chi connectivity index (χ1) is 13.9. The number of hydrogen-bond acceptors (Lipinski definition) is 5. The molecule has 29 heavy (non-hydrogen) atoms. The molecule has 0 unspecified atom stereocenters. The maximum atomic E-state index is 10.8. The third kappa shape index (κ3) is 3.75. The van der Waals surface area contributed by atoms with Crippen molar-refractivity contribution in [3.8, 4) is 22.9 Å². The largest absolute Gasteiger partial charge is 0.485 e. The molecule has 2 atom stereocenters. The second-order valence-corrected chi connectivity index (χ2v) is 7.72. The van der Waals surface area contributed by atoms with E-state index in [1.807, 2.05) is 12.1 Å². The average molecular weight is 408 g/mol. The van der Waals surface area contributed by atoms with E-state index in [9.17, 15) is 5.11 Å². The molecule has 0 bridgehead atoms. The molecule has 0 aliphatic carbocycles. The summed E-state index contributed by atoms with van der Waals surface area (Å²) in [5.41, 5.74) is 1.74. The first kappa shape index (κ1) is 19.2. The van der Waals surface area contributed by atoms with Crippen molar-refractivity contribution < 1.29 is 14.6 Å². The lowest BCUT2D eigenvalue weighted by Gasteiger charge is -2.41. The van der Waals surface area contributed by atoms with Gasteiger partial charge in [0, 0.05) is 22.2 Å². The van der Waals surface area contributed by atoms with Crippen molar-refractivity contribution in [2.75, 3.05) is 0 Å². The van der Waals surface area contributed by atoms with E-state index in [1.165, 1.54) is 0 Å². The smallest absolute Gasteiger partial charge is 0.234 e. The predicted molar refractivity (Wildman–Crippen MR) is 109 cm³/mol. The van der Waals surface area contributed by atoms with Crippen molar-refractivity contribution >= 4 is 17.3 Å². The summed E-state index contributed by atoms with van der Waals surface area (Å²) in [5.74, 6) is 0.840. The van der Waals surface area contributed by atoms with Crippen LogP contribution in [0.15, 0.2) is 54.6 Å². The normalized spacial score (nSPS) is 19.6. The summed E-state index contributed by atoms with van der Waals surface area (Å²) in [5, 5.41) is 19.9. The van der Waals surface area contributed by atoms with Crippen LogP contribution < -0.4 is 9.47 Å². The maximum absolute atomic E-state index is 10.8. The van der Waals surface area contributed by atoms with E-state index in [-0.39, 0.29) is 5.88 Å². The Kier molecular flexibility index (Phi) is 4.87. The summed E-state index contributed by atoms with van der Waals surface area (Å²) in [4.78, 5) is 3.45. The minimum atomic E-state index is -0.964. The zero-order chi connectivity index (χ0) is 20.6. The molecular weight excluding hydrogens is 390 g/mol. The second-order valence-electron chi connectivity index (χ2n) is 7.29. The first-order valence-electron chi connectivity index (χ1n) is 9.02. The number of aromatic nitrogens is 2. The highest BCUT2D eigenvalue weighted by Gasteiger charge is 2.44. The van der Waals surface area contributed by atoms with Crippen LogP contribution in [0.1, 0.15) is 25.5 Å². The fourth-order valence-corrected chi connectivity index (χ4v) is 3.34. The Hall–Kier alpha value is -3.14. The van der Waals surface area contributed by atoms with E-state index in [0.29, 0.717) is 27.7 Å². The Morgan fingerprint density at radius 3 is 2.52 bits per heavy atom. The predicted octanol–water partition coefficient (Wildman–Crippen LogP) is 5.00. The Morgan fingerprint density at radius 1 is 1.10 bits per heavy atom. The van der Waals surface area contributed by atoms with Gasteiger partial charge in [-0.3, -0.25) is 0 Å². The van der Waals surface area contributed by atoms with Crippen LogP contribution in [-0.2, 0) is 0 Å². The molecule has 0 amide bonds. The van der Waals surface area contributed by atoms with Crippen LogP contribution in [0.25, 0.3) is 16.1 Å². The SMILES string of the molecule is [C-]#[N+]c1ccc2c(c1)[C@@H](Oc1ccc(-c3ccc(Cl)cc3)nn1)[C@H](O)C(C)(C)O2. The van der Waals surface area contributed by atoms with E-state index < -0.39 is 17.8 Å². The van der Waals surface area contributed by atoms with Gasteiger partial charge >= 0.3 is 0 Å². The van der Waals surface area contributed by atoms with Gasteiger partial charge in [-0.1, -0.05) is 29.8 Å². The Morgan fingerprint density at radius 2 is 1.86 bits per heavy atom. The number of benzene rings is 2. The lowest BCUT2D eigenvalue weighted by molar-refractivity contribution is -0.104. The maximum Gasteiger partial charge on any atom is 0.234 e. The fourth-order valence-electron chi connectivity index (χ4n) is 3.21. The van der Waals surface area contributed by atoms with E-state index in [2.05, 4.69) is 15.0 Å². The molecule has 1 N–H and O–H groups in total. The van der Waals surface area contributed by atoms with Crippen molar-refractivity contribution in [1.29, 1.82) is 0 Å². The number of rotatable bonds is 3. The molecule has 3 aromatic rings. The molecule has 0 saturated carbocycles. The standard InChI is InChI=1S/C22H18ClN3O3/c1-22(2)21(27)20(16-12-15(24-3)8-10-18(16)29-22)28-19-11-9-17(25-26-19)13-4-6-14(23)7-5-13/h4-12,20-21,27H,1-2H3/t20-,21+/m1/s1. The lowest BCUT2D eigenvalue weighted by atomic mass is 9.88. The third-order valence-electron chi connectivity index (χ3n) is 4.83. The second kappa shape index (κ2) is 7.36. The summed E-state index contributed by atoms with van der Waals surface area (Å²) >= 11 is 5.92. The minimum Gasteiger partial charge on any atom is -0.485 e. The molecule has 0 spiro atoms. The summed E-state index contributed by atoms with van der Waals surface area (Å²) in [6, 6.07) is 15.9. The topological polar surface area (TPSA) is 68.8 Å². The summed E-state index contributed by atoms with van der Waals surface area (Å²) < 4.78 is 11.9. The van der Waals surface area contributed by atoms with E-state index in [4.69, 9.17) is 27.6 Å². The van der Waals surface area contributed by atoms with Crippen LogP contribution in [0.2, 0.25) is 5.02 Å². The number of fused-ring (bicyclic) bond motifs is 1. The van der Waals surface area contributed by atoms with Gasteiger partial charge in [-0.2, -0.15) is 0 Å². The van der Waals surface area contributed by atoms with Gasteiger partial charge < -0.3 is 14.6 Å². The van der Waals surface area contributed by atoms with Crippen LogP contribution >= 0.6 is 11.6 Å². The summed E-state index contributed by atoms with van der Waals surface area (Å²) in [7, 11) is 0. The molecule has 0 fully saturated rings. The van der Waals surface area contributed by atoms with Gasteiger partial charge in [0.25, 0.3) is 0 Å². The van der Waals surface area contributed by atoms with Gasteiger partial charge in [-0.25, -0.2) is 4.85 Å². The molecule has 0 radical (unpaired) electrons. The molecule has 7 heteroatoms. The van der Waals surface area contributed by atoms with Crippen LogP contribution in [0.3, 0.4) is 0 Å². The highest BCUT2D eigenvalue weighted by molar-refractivity contribution is 6.30. The van der Waals surface area contributed by atoms with Gasteiger partial charge in [-0.05, 0) is 44.2 Å². The van der Waals surface area contributed by atoms with Crippen molar-refractivity contribution in [3.05, 3.63) is 76.6 Å². The molecule has 6 nitrogen and oxygen atoms in total. The third-order valence-corrected chi connectivity index (χ3v) is 5.08. The molecule has 0 saturated heterocycles. The molecule has 1 aliphatic heterocycles. The monoisotopic (exact) mass is 407 g/mol. The van der Waals surface area contributed by atoms with Crippen LogP contribution in [0, 0.1) is 6.57 Å². The number of aliphatic hydroxyl groups excluding tert-OH is 1. The number of ether oxygens (including phenoxy) is 2. The molecule has 1 aliphatic rings. The van der Waals surface area contributed by atoms with Crippen molar-refractivity contribution in [1.82, 2.24) is 10.2 Å². The highest BCUT2D eigenvalue weighted by atomic mass is 35.5. The molecule has 1 aromatic heterocycles. The zero-order valence-corrected chi connectivity index (χ0v) is 16.6. The molecule has 4 rings (SSSR count). The van der Waals surface area contributed by atoms with Gasteiger partial charge in [0.05, 0.1) is 12.3 Å². The van der Waals surface area contributed by atoms with Crippen LogP contribution in [-0.4, -0.2) is 27.0 Å². The van der Waals surface area contributed by atoms with E-state index in [0.717, 1.165) is 5.56 Å². The first-order valence-corrected chi connectivity index (χ1v) is 9.40. The number of aliphatic hydroxyl groups is 1. The highest BCUT2D eigenvalue weighted by Crippen LogP contribution is 2.43. The number of halogens is 1. The zero-order valence-electron chi connectivity index (χ0n) is 15.8. The minimum absolute atomic E-state index is 0.267. The van der Waals surface area contributed by atoms with Gasteiger partial charge in [0.2, 0.25) is 5.88 Å². The fraction of sp³-hybridized carbons (Fsp3) is 0.227. The van der Waals surface area contributed by atoms with Crippen LogP contribution in [0.5, 0.6) is 11.6 Å². The van der Waals surface area contributed by atoms with Crippen molar-refractivity contribution in [3.63, 3.8) is 0 Å². The van der Waals surface area contributed by atoms with E-state index in [1.54, 1.807) is 56.3 Å². The Labute approximate surface area is 173 Å². The Bertz CT molecular complexity index is 1080. The van der Waals surface area contributed by atoms with Gasteiger partial charge in [-0.15, -0.1) is 10.2 Å². The quantitative estimate of drug-likeness (QED) is 0.619. The van der Waals surface area contributed by atoms with Crippen LogP contribution in [0.4, 0.5) is 5.69 Å². The van der Waals surface area contributed by atoms with Crippen molar-refractivity contribution in [2.24, 2.45) is 0 Å². The number of hydrogen-bond donors (Lipinski definition) is 1. The number of nitrogens with zero attached hydrogens (tertiary/aromatic N) is 3. The lowest BCUT2D eigenvalue weighted by Crippen LogP contribution is -2.50. The van der Waals surface area contributed by atoms with Gasteiger partial charge in [0.1, 0.15) is 17.5 Å². The molecule has 2 heterocycles. The molecular formula is C22H18ClN3O3. The van der Waals surface area contributed by atoms with Crippen molar-refractivity contribution in [2.45, 2.75) is 31.7 Å². The molecule has 146 valence electrons. The Balaban J connectivity index is 1.64. The van der Waals surface area contributed by atoms with Gasteiger partial charge in [0.15, 0.2) is 11.8 Å². The summed E-state index contributed by atoms with van der Waals surface area (Å²) in [6.07, 6.45) is -1.71.